The molecule has 53 heavy (non-hydrogen) atoms. The van der Waals surface area contributed by atoms with E-state index < -0.39 is 56.6 Å². The molecule has 0 radical (unpaired) electrons. The highest BCUT2D eigenvalue weighted by Crippen LogP contribution is 2.29. The first-order chi connectivity index (χ1) is 25.5. The van der Waals surface area contributed by atoms with Crippen LogP contribution >= 0.6 is 8.03 Å². The quantitative estimate of drug-likeness (QED) is 0.140. The molecular weight excluding hydrogens is 711 g/mol. The van der Waals surface area contributed by atoms with Crippen molar-refractivity contribution in [3.05, 3.63) is 42.1 Å². The number of rotatable bonds is 17. The van der Waals surface area contributed by atoms with Crippen LogP contribution in [-0.2, 0) is 42.4 Å². The molecule has 1 N–H and O–H groups in total. The Morgan fingerprint density at radius 1 is 0.906 bits per heavy atom. The van der Waals surface area contributed by atoms with Crippen molar-refractivity contribution in [1.82, 2.24) is 25.1 Å². The summed E-state index contributed by atoms with van der Waals surface area (Å²) in [4.78, 5) is 78.9. The molecule has 2 aromatic rings. The van der Waals surface area contributed by atoms with Gasteiger partial charge in [0.05, 0.1) is 12.7 Å². The molecule has 4 rings (SSSR count). The Bertz CT molecular complexity index is 1570. The minimum Gasteiger partial charge on any atom is -0.450 e. The number of benzene rings is 1. The summed E-state index contributed by atoms with van der Waals surface area (Å²) in [5.41, 5.74) is 0.617. The standard InChI is InChI=1S/C35H47N6O11P/c1-5-11-29(42)50-35(51-30(43)12-6-2)52-53(47)23-27(33(45)39-17-19-40(20-18-39)34(46)49-7-3)37-32(44)26-21-28(41-16-15-25(22-41)48-4)38-31(36-26)24-13-9-8-10-14-24/h8-10,13-14,21,25,27,35H,5-7,11-12,15-20,22-23H2,1-4H3/p+1. The molecule has 0 saturated carbocycles. The van der Waals surface area contributed by atoms with Crippen LogP contribution < -0.4 is 10.2 Å². The molecule has 3 amide bonds. The molecule has 17 nitrogen and oxygen atoms in total. The lowest BCUT2D eigenvalue weighted by Gasteiger charge is -2.35. The van der Waals surface area contributed by atoms with E-state index in [0.717, 1.165) is 6.42 Å². The van der Waals surface area contributed by atoms with Crippen molar-refractivity contribution in [3.63, 3.8) is 0 Å². The molecule has 288 valence electrons. The molecule has 0 aliphatic carbocycles. The molecule has 3 heterocycles. The van der Waals surface area contributed by atoms with Gasteiger partial charge in [-0.25, -0.2) is 14.8 Å². The van der Waals surface area contributed by atoms with Crippen LogP contribution in [0.1, 0.15) is 63.4 Å². The number of carbonyl (C=O) groups is 5. The van der Waals surface area contributed by atoms with Gasteiger partial charge in [0.1, 0.15) is 11.5 Å². The van der Waals surface area contributed by atoms with Crippen molar-refractivity contribution in [2.75, 3.05) is 64.0 Å². The molecular formula is C35H48N6O11P+. The maximum absolute atomic E-state index is 14.0. The third kappa shape index (κ3) is 12.2. The van der Waals surface area contributed by atoms with Crippen LogP contribution in [0.3, 0.4) is 0 Å². The topological polar surface area (TPSA) is 196 Å². The van der Waals surface area contributed by atoms with Crippen molar-refractivity contribution < 1.29 is 52.0 Å². The number of aromatic nitrogens is 2. The Kier molecular flexibility index (Phi) is 15.9. The number of ether oxygens (including phenoxy) is 4. The van der Waals surface area contributed by atoms with E-state index in [1.807, 2.05) is 35.2 Å². The number of nitrogens with zero attached hydrogens (tertiary/aromatic N) is 5. The second-order valence-corrected chi connectivity index (χ2v) is 13.6. The van der Waals surface area contributed by atoms with Crippen molar-refractivity contribution in [2.24, 2.45) is 0 Å². The van der Waals surface area contributed by atoms with Crippen molar-refractivity contribution in [1.29, 1.82) is 0 Å². The van der Waals surface area contributed by atoms with Gasteiger partial charge >= 0.3 is 32.5 Å². The molecule has 2 saturated heterocycles. The minimum absolute atomic E-state index is 0.00758. The van der Waals surface area contributed by atoms with E-state index in [0.29, 0.717) is 37.3 Å². The number of nitrogens with one attached hydrogen (secondary N) is 1. The van der Waals surface area contributed by atoms with E-state index in [-0.39, 0.29) is 63.2 Å². The number of esters is 2. The lowest BCUT2D eigenvalue weighted by molar-refractivity contribution is -0.234. The van der Waals surface area contributed by atoms with Gasteiger partial charge < -0.3 is 39.0 Å². The Morgan fingerprint density at radius 3 is 2.13 bits per heavy atom. The summed E-state index contributed by atoms with van der Waals surface area (Å²) >= 11 is 0. The smallest absolute Gasteiger partial charge is 0.450 e. The Morgan fingerprint density at radius 2 is 1.55 bits per heavy atom. The van der Waals surface area contributed by atoms with Gasteiger partial charge in [0.2, 0.25) is 12.1 Å². The van der Waals surface area contributed by atoms with Gasteiger partial charge in [-0.1, -0.05) is 48.7 Å². The molecule has 0 bridgehead atoms. The summed E-state index contributed by atoms with van der Waals surface area (Å²) in [6.45, 7) is 5.20. The number of carbonyl (C=O) groups excluding carboxylic acids is 5. The van der Waals surface area contributed by atoms with Crippen molar-refractivity contribution in [3.8, 4) is 11.4 Å². The predicted molar refractivity (Wildman–Crippen MR) is 191 cm³/mol. The lowest BCUT2D eigenvalue weighted by Crippen LogP contribution is -2.56. The maximum atomic E-state index is 14.0. The number of anilines is 1. The van der Waals surface area contributed by atoms with Crippen LogP contribution in [0.4, 0.5) is 10.6 Å². The third-order valence-corrected chi connectivity index (χ3v) is 9.47. The third-order valence-electron chi connectivity index (χ3n) is 8.40. The highest BCUT2D eigenvalue weighted by atomic mass is 31.1. The second-order valence-electron chi connectivity index (χ2n) is 12.3. The number of piperazine rings is 1. The van der Waals surface area contributed by atoms with E-state index in [1.165, 1.54) is 15.9 Å². The van der Waals surface area contributed by atoms with Gasteiger partial charge in [-0.3, -0.25) is 19.2 Å². The van der Waals surface area contributed by atoms with Crippen LogP contribution in [0.25, 0.3) is 11.4 Å². The van der Waals surface area contributed by atoms with E-state index >= 15 is 0 Å². The summed E-state index contributed by atoms with van der Waals surface area (Å²) in [6, 6.07) is 9.20. The molecule has 0 spiro atoms. The first-order valence-electron chi connectivity index (χ1n) is 17.8. The summed E-state index contributed by atoms with van der Waals surface area (Å²) < 4.78 is 39.7. The van der Waals surface area contributed by atoms with E-state index in [9.17, 15) is 28.5 Å². The fourth-order valence-electron chi connectivity index (χ4n) is 5.62. The molecule has 18 heteroatoms. The lowest BCUT2D eigenvalue weighted by atomic mass is 10.2. The normalized spacial score (nSPS) is 16.6. The first-order valence-corrected chi connectivity index (χ1v) is 19.1. The van der Waals surface area contributed by atoms with Crippen LogP contribution in [0.2, 0.25) is 0 Å². The number of hydrogen-bond acceptors (Lipinski definition) is 14. The molecule has 3 unspecified atom stereocenters. The van der Waals surface area contributed by atoms with E-state index in [4.69, 9.17) is 28.5 Å². The fraction of sp³-hybridized carbons (Fsp3) is 0.571. The Balaban J connectivity index is 1.60. The van der Waals surface area contributed by atoms with Crippen molar-refractivity contribution >= 4 is 43.7 Å². The van der Waals surface area contributed by atoms with E-state index in [2.05, 4.69) is 10.3 Å². The molecule has 1 aromatic heterocycles. The summed E-state index contributed by atoms with van der Waals surface area (Å²) in [5.74, 6) is -2.06. The highest BCUT2D eigenvalue weighted by Gasteiger charge is 2.40. The van der Waals surface area contributed by atoms with Gasteiger partial charge in [0.15, 0.2) is 11.9 Å². The fourth-order valence-corrected chi connectivity index (χ4v) is 6.53. The van der Waals surface area contributed by atoms with Crippen LogP contribution in [0, 0.1) is 0 Å². The zero-order valence-electron chi connectivity index (χ0n) is 30.6. The van der Waals surface area contributed by atoms with Crippen LogP contribution in [-0.4, -0.2) is 127 Å². The van der Waals surface area contributed by atoms with Crippen LogP contribution in [0.5, 0.6) is 0 Å². The molecule has 2 fully saturated rings. The monoisotopic (exact) mass is 759 g/mol. The average molecular weight is 760 g/mol. The van der Waals surface area contributed by atoms with Gasteiger partial charge in [-0.05, 0) is 30.8 Å². The predicted octanol–water partition coefficient (Wildman–Crippen LogP) is 3.50. The summed E-state index contributed by atoms with van der Waals surface area (Å²) in [6.07, 6.45) is 0.525. The Labute approximate surface area is 309 Å². The zero-order valence-corrected chi connectivity index (χ0v) is 31.5. The largest absolute Gasteiger partial charge is 0.518 e. The second kappa shape index (κ2) is 20.5. The summed E-state index contributed by atoms with van der Waals surface area (Å²) in [5, 5.41) is 2.68. The van der Waals surface area contributed by atoms with Crippen LogP contribution in [0.15, 0.2) is 36.4 Å². The van der Waals surface area contributed by atoms with Gasteiger partial charge in [-0.15, -0.1) is 0 Å². The SMILES string of the molecule is CCCC(=O)OC(OC(=O)CCC)O[P+](=O)CC(NC(=O)c1cc(N2CCC(OC)C2)nc(-c2ccccc2)n1)C(=O)N1CCN(C(=O)OCC)CC1. The molecule has 3 atom stereocenters. The molecule has 2 aliphatic heterocycles. The molecule has 2 aliphatic rings. The molecule has 1 aromatic carbocycles. The van der Waals surface area contributed by atoms with Gasteiger partial charge in [-0.2, -0.15) is 0 Å². The zero-order chi connectivity index (χ0) is 38.3. The Hall–Kier alpha value is -4.73. The summed E-state index contributed by atoms with van der Waals surface area (Å²) in [7, 11) is -1.25. The number of amides is 3. The average Bonchev–Trinajstić information content (AvgIpc) is 3.64. The number of hydrogen-bond donors (Lipinski definition) is 1. The van der Waals surface area contributed by atoms with Crippen molar-refractivity contribution in [2.45, 2.75) is 71.5 Å². The van der Waals surface area contributed by atoms with Gasteiger partial charge in [0, 0.05) is 70.8 Å². The highest BCUT2D eigenvalue weighted by molar-refractivity contribution is 7.39. The first kappa shape index (κ1) is 41.0. The maximum Gasteiger partial charge on any atom is 0.518 e. The minimum atomic E-state index is -2.89. The van der Waals surface area contributed by atoms with Gasteiger partial charge in [0.25, 0.3) is 5.91 Å². The van der Waals surface area contributed by atoms with E-state index in [1.54, 1.807) is 27.9 Å². The number of methoxy groups -OCH3 is 1.